The molecule has 0 unspecified atom stereocenters. The van der Waals surface area contributed by atoms with Crippen LogP contribution in [-0.4, -0.2) is 23.8 Å². The molecule has 0 aliphatic carbocycles. The first-order chi connectivity index (χ1) is 7.26. The van der Waals surface area contributed by atoms with Gasteiger partial charge in [0.25, 0.3) is 0 Å². The topological polar surface area (TPSA) is 27.0 Å². The average molecular weight is 267 g/mol. The van der Waals surface area contributed by atoms with E-state index >= 15 is 0 Å². The van der Waals surface area contributed by atoms with E-state index in [-0.39, 0.29) is 0 Å². The van der Waals surface area contributed by atoms with Gasteiger partial charge in [0.05, 0.1) is 11.6 Å². The van der Waals surface area contributed by atoms with Gasteiger partial charge in [0.1, 0.15) is 0 Å². The average Bonchev–Trinajstić information content (AvgIpc) is 2.26. The highest BCUT2D eigenvalue weighted by atomic mass is 79.9. The molecule has 2 nitrogen and oxygen atoms in total. The first-order valence-corrected chi connectivity index (χ1v) is 6.12. The Bertz CT molecular complexity index is 344. The van der Waals surface area contributed by atoms with E-state index in [1.807, 2.05) is 18.2 Å². The molecule has 0 heterocycles. The summed E-state index contributed by atoms with van der Waals surface area (Å²) in [6.07, 6.45) is 1.15. The molecule has 0 N–H and O–H groups in total. The van der Waals surface area contributed by atoms with Crippen LogP contribution < -0.4 is 0 Å². The van der Waals surface area contributed by atoms with Crippen molar-refractivity contribution in [3.63, 3.8) is 0 Å². The van der Waals surface area contributed by atoms with Gasteiger partial charge in [-0.2, -0.15) is 5.26 Å². The van der Waals surface area contributed by atoms with Gasteiger partial charge in [-0.25, -0.2) is 0 Å². The number of benzene rings is 1. The molecule has 1 rings (SSSR count). The molecule has 0 saturated carbocycles. The molecule has 0 saturated heterocycles. The lowest BCUT2D eigenvalue weighted by atomic mass is 10.1. The Morgan fingerprint density at radius 3 is 2.93 bits per heavy atom. The van der Waals surface area contributed by atoms with E-state index in [0.29, 0.717) is 0 Å². The fraction of sp³-hybridized carbons (Fsp3) is 0.417. The Morgan fingerprint density at radius 2 is 2.27 bits per heavy atom. The second-order valence-corrected chi connectivity index (χ2v) is 4.39. The Labute approximate surface area is 99.6 Å². The smallest absolute Gasteiger partial charge is 0.0991 e. The number of alkyl halides is 1. The number of halogens is 1. The van der Waals surface area contributed by atoms with Gasteiger partial charge in [0.2, 0.25) is 0 Å². The van der Waals surface area contributed by atoms with Crippen molar-refractivity contribution in [3.05, 3.63) is 35.4 Å². The molecule has 1 aromatic carbocycles. The molecule has 0 atom stereocenters. The van der Waals surface area contributed by atoms with Gasteiger partial charge in [0, 0.05) is 11.9 Å². The van der Waals surface area contributed by atoms with E-state index in [4.69, 9.17) is 5.26 Å². The molecular weight excluding hydrogens is 252 g/mol. The van der Waals surface area contributed by atoms with Crippen molar-refractivity contribution in [1.82, 2.24) is 4.90 Å². The summed E-state index contributed by atoms with van der Waals surface area (Å²) in [5, 5.41) is 9.81. The van der Waals surface area contributed by atoms with Gasteiger partial charge in [0.15, 0.2) is 0 Å². The number of hydrogen-bond donors (Lipinski definition) is 0. The van der Waals surface area contributed by atoms with Crippen LogP contribution in [0.2, 0.25) is 0 Å². The molecule has 0 bridgehead atoms. The molecule has 1 aromatic rings. The lowest BCUT2D eigenvalue weighted by molar-refractivity contribution is 0.329. The van der Waals surface area contributed by atoms with Gasteiger partial charge < -0.3 is 4.90 Å². The summed E-state index contributed by atoms with van der Waals surface area (Å²) >= 11 is 3.42. The van der Waals surface area contributed by atoms with Crippen molar-refractivity contribution in [2.75, 3.05) is 18.9 Å². The number of nitrogens with zero attached hydrogens (tertiary/aromatic N) is 2. The third-order valence-corrected chi connectivity index (χ3v) is 2.74. The van der Waals surface area contributed by atoms with Crippen molar-refractivity contribution in [2.24, 2.45) is 0 Å². The highest BCUT2D eigenvalue weighted by Crippen LogP contribution is 2.07. The van der Waals surface area contributed by atoms with Crippen molar-refractivity contribution in [2.45, 2.75) is 13.0 Å². The van der Waals surface area contributed by atoms with Crippen LogP contribution >= 0.6 is 15.9 Å². The van der Waals surface area contributed by atoms with Gasteiger partial charge in [-0.1, -0.05) is 28.1 Å². The minimum absolute atomic E-state index is 0.737. The normalized spacial score (nSPS) is 10.3. The number of nitriles is 1. The lowest BCUT2D eigenvalue weighted by Crippen LogP contribution is -2.19. The molecule has 0 spiro atoms. The standard InChI is InChI=1S/C12H15BrN2/c1-15(7-3-6-13)10-12-5-2-4-11(8-12)9-14/h2,4-5,8H,3,6-7,10H2,1H3. The van der Waals surface area contributed by atoms with Crippen molar-refractivity contribution >= 4 is 15.9 Å². The molecule has 0 aliphatic heterocycles. The van der Waals surface area contributed by atoms with Gasteiger partial charge >= 0.3 is 0 Å². The SMILES string of the molecule is CN(CCCBr)Cc1cccc(C#N)c1. The third-order valence-electron chi connectivity index (χ3n) is 2.18. The predicted molar refractivity (Wildman–Crippen MR) is 65.9 cm³/mol. The molecule has 0 aromatic heterocycles. The summed E-state index contributed by atoms with van der Waals surface area (Å²) < 4.78 is 0. The second-order valence-electron chi connectivity index (χ2n) is 3.59. The first kappa shape index (κ1) is 12.2. The fourth-order valence-electron chi connectivity index (χ4n) is 1.46. The number of rotatable bonds is 5. The molecule has 0 aliphatic rings. The van der Waals surface area contributed by atoms with Crippen LogP contribution in [-0.2, 0) is 6.54 Å². The second kappa shape index (κ2) is 6.60. The molecule has 80 valence electrons. The van der Waals surface area contributed by atoms with E-state index < -0.39 is 0 Å². The highest BCUT2D eigenvalue weighted by molar-refractivity contribution is 9.09. The summed E-state index contributed by atoms with van der Waals surface area (Å²) in [7, 11) is 2.10. The van der Waals surface area contributed by atoms with Crippen molar-refractivity contribution in [1.29, 1.82) is 5.26 Å². The molecule has 0 fully saturated rings. The summed E-state index contributed by atoms with van der Waals surface area (Å²) in [5.41, 5.74) is 1.94. The maximum atomic E-state index is 8.77. The van der Waals surface area contributed by atoms with E-state index in [1.54, 1.807) is 0 Å². The van der Waals surface area contributed by atoms with Crippen molar-refractivity contribution < 1.29 is 0 Å². The van der Waals surface area contributed by atoms with E-state index in [9.17, 15) is 0 Å². The van der Waals surface area contributed by atoms with Gasteiger partial charge in [-0.15, -0.1) is 0 Å². The van der Waals surface area contributed by atoms with Gasteiger partial charge in [-0.3, -0.25) is 0 Å². The molecule has 3 heteroatoms. The minimum Gasteiger partial charge on any atom is -0.302 e. The molecule has 15 heavy (non-hydrogen) atoms. The number of hydrogen-bond acceptors (Lipinski definition) is 2. The minimum atomic E-state index is 0.737. The Morgan fingerprint density at radius 1 is 1.47 bits per heavy atom. The zero-order valence-electron chi connectivity index (χ0n) is 8.91. The van der Waals surface area contributed by atoms with E-state index in [0.717, 1.165) is 30.4 Å². The van der Waals surface area contributed by atoms with Crippen LogP contribution in [0.4, 0.5) is 0 Å². The van der Waals surface area contributed by atoms with Crippen LogP contribution in [0.15, 0.2) is 24.3 Å². The largest absolute Gasteiger partial charge is 0.302 e. The summed E-state index contributed by atoms with van der Waals surface area (Å²) in [4.78, 5) is 2.26. The Balaban J connectivity index is 2.53. The van der Waals surface area contributed by atoms with Crippen LogP contribution in [0.1, 0.15) is 17.5 Å². The van der Waals surface area contributed by atoms with Crippen LogP contribution in [0.25, 0.3) is 0 Å². The van der Waals surface area contributed by atoms with Crippen molar-refractivity contribution in [3.8, 4) is 6.07 Å². The van der Waals surface area contributed by atoms with Crippen LogP contribution in [0.5, 0.6) is 0 Å². The fourth-order valence-corrected chi connectivity index (χ4v) is 1.71. The maximum Gasteiger partial charge on any atom is 0.0991 e. The van der Waals surface area contributed by atoms with E-state index in [2.05, 4.69) is 40.0 Å². The quantitative estimate of drug-likeness (QED) is 0.767. The molecular formula is C12H15BrN2. The summed E-state index contributed by atoms with van der Waals surface area (Å²) in [6, 6.07) is 9.94. The maximum absolute atomic E-state index is 8.77. The summed E-state index contributed by atoms with van der Waals surface area (Å²) in [6.45, 7) is 1.98. The molecule has 0 radical (unpaired) electrons. The summed E-state index contributed by atoms with van der Waals surface area (Å²) in [5.74, 6) is 0. The van der Waals surface area contributed by atoms with Crippen LogP contribution in [0, 0.1) is 11.3 Å². The molecule has 0 amide bonds. The van der Waals surface area contributed by atoms with Gasteiger partial charge in [-0.05, 0) is 37.7 Å². The zero-order chi connectivity index (χ0) is 11.1. The highest BCUT2D eigenvalue weighted by Gasteiger charge is 2.00. The Hall–Kier alpha value is -0.850. The first-order valence-electron chi connectivity index (χ1n) is 5.00. The Kier molecular flexibility index (Phi) is 5.38. The third kappa shape index (κ3) is 4.46. The predicted octanol–water partition coefficient (Wildman–Crippen LogP) is 2.78. The monoisotopic (exact) mass is 266 g/mol. The zero-order valence-corrected chi connectivity index (χ0v) is 10.5. The lowest BCUT2D eigenvalue weighted by Gasteiger charge is -2.15. The van der Waals surface area contributed by atoms with Crippen LogP contribution in [0.3, 0.4) is 0 Å². The van der Waals surface area contributed by atoms with E-state index in [1.165, 1.54) is 5.56 Å².